The molecule has 3 heterocycles. The highest BCUT2D eigenvalue weighted by atomic mass is 16.2. The summed E-state index contributed by atoms with van der Waals surface area (Å²) in [7, 11) is 1.58. The molecule has 3 atom stereocenters. The molecular formula is C22H29N5O2. The van der Waals surface area contributed by atoms with Gasteiger partial charge >= 0.3 is 0 Å². The van der Waals surface area contributed by atoms with Gasteiger partial charge in [0.05, 0.1) is 18.5 Å². The Morgan fingerprint density at radius 2 is 2.07 bits per heavy atom. The molecule has 4 rings (SSSR count). The second-order valence-corrected chi connectivity index (χ2v) is 8.31. The standard InChI is InChI=1S/C22H29N5O2/c1-15-12-24-19(26-15)14-27-17-8-9-18(27)22(11-17,10-16-6-4-3-5-7-16)21(29)25-13-20(28)23-2/h3-7,12,17-18H,8-11,13-14H2,1-2H3,(H,23,28)(H,24,26)(H,25,29)/t17-,18+,22+/m0/s1. The molecule has 3 N–H and O–H groups in total. The quantitative estimate of drug-likeness (QED) is 0.663. The monoisotopic (exact) mass is 395 g/mol. The fourth-order valence-electron chi connectivity index (χ4n) is 5.16. The number of hydrogen-bond donors (Lipinski definition) is 3. The summed E-state index contributed by atoms with van der Waals surface area (Å²) in [5.74, 6) is 0.748. The number of aromatic amines is 1. The summed E-state index contributed by atoms with van der Waals surface area (Å²) in [5.41, 5.74) is 1.68. The van der Waals surface area contributed by atoms with E-state index in [0.717, 1.165) is 42.9 Å². The Labute approximate surface area is 171 Å². The van der Waals surface area contributed by atoms with Crippen molar-refractivity contribution in [2.45, 2.75) is 51.2 Å². The largest absolute Gasteiger partial charge is 0.358 e. The van der Waals surface area contributed by atoms with E-state index in [1.807, 2.05) is 31.3 Å². The summed E-state index contributed by atoms with van der Waals surface area (Å²) in [4.78, 5) is 35.4. The molecule has 2 bridgehead atoms. The van der Waals surface area contributed by atoms with Crippen molar-refractivity contribution in [3.63, 3.8) is 0 Å². The maximum Gasteiger partial charge on any atom is 0.239 e. The van der Waals surface area contributed by atoms with E-state index in [1.54, 1.807) is 7.05 Å². The Morgan fingerprint density at radius 3 is 2.76 bits per heavy atom. The van der Waals surface area contributed by atoms with Gasteiger partial charge in [-0.3, -0.25) is 14.5 Å². The first-order chi connectivity index (χ1) is 14.0. The van der Waals surface area contributed by atoms with Crippen molar-refractivity contribution in [3.05, 3.63) is 53.6 Å². The molecule has 7 heteroatoms. The van der Waals surface area contributed by atoms with Crippen molar-refractivity contribution >= 4 is 11.8 Å². The molecular weight excluding hydrogens is 366 g/mol. The molecule has 7 nitrogen and oxygen atoms in total. The van der Waals surface area contributed by atoms with Gasteiger partial charge in [0.25, 0.3) is 0 Å². The Kier molecular flexibility index (Phi) is 5.41. The molecule has 2 amide bonds. The highest BCUT2D eigenvalue weighted by Gasteiger charge is 2.59. The number of rotatable bonds is 7. The predicted molar refractivity (Wildman–Crippen MR) is 110 cm³/mol. The number of H-pyrrole nitrogens is 1. The number of imidazole rings is 1. The fourth-order valence-corrected chi connectivity index (χ4v) is 5.16. The Hall–Kier alpha value is -2.67. The zero-order valence-electron chi connectivity index (χ0n) is 17.1. The summed E-state index contributed by atoms with van der Waals surface area (Å²) in [6.07, 6.45) is 5.43. The minimum atomic E-state index is -0.528. The van der Waals surface area contributed by atoms with Gasteiger partial charge in [0.2, 0.25) is 11.8 Å². The number of hydrogen-bond acceptors (Lipinski definition) is 4. The molecule has 1 aromatic carbocycles. The molecule has 1 aromatic heterocycles. The van der Waals surface area contributed by atoms with Gasteiger partial charge in [-0.2, -0.15) is 0 Å². The van der Waals surface area contributed by atoms with Crippen LogP contribution in [0.3, 0.4) is 0 Å². The average Bonchev–Trinajstić information content (AvgIpc) is 3.40. The smallest absolute Gasteiger partial charge is 0.239 e. The number of aryl methyl sites for hydroxylation is 1. The molecule has 0 saturated carbocycles. The Bertz CT molecular complexity index is 880. The summed E-state index contributed by atoms with van der Waals surface area (Å²) >= 11 is 0. The van der Waals surface area contributed by atoms with Gasteiger partial charge < -0.3 is 15.6 Å². The minimum absolute atomic E-state index is 0.0145. The van der Waals surface area contributed by atoms with E-state index in [9.17, 15) is 9.59 Å². The summed E-state index contributed by atoms with van der Waals surface area (Å²) < 4.78 is 0. The van der Waals surface area contributed by atoms with Gasteiger partial charge in [0.1, 0.15) is 5.82 Å². The number of carbonyl (C=O) groups is 2. The maximum atomic E-state index is 13.4. The van der Waals surface area contributed by atoms with Gasteiger partial charge in [-0.1, -0.05) is 30.3 Å². The Balaban J connectivity index is 1.60. The molecule has 2 fully saturated rings. The number of nitrogens with one attached hydrogen (secondary N) is 3. The van der Waals surface area contributed by atoms with Gasteiger partial charge in [-0.15, -0.1) is 0 Å². The maximum absolute atomic E-state index is 13.4. The van der Waals surface area contributed by atoms with Crippen molar-refractivity contribution in [1.29, 1.82) is 0 Å². The van der Waals surface area contributed by atoms with Crippen LogP contribution in [-0.2, 0) is 22.6 Å². The number of nitrogens with zero attached hydrogens (tertiary/aromatic N) is 2. The van der Waals surface area contributed by atoms with E-state index in [0.29, 0.717) is 12.5 Å². The van der Waals surface area contributed by atoms with Crippen molar-refractivity contribution < 1.29 is 9.59 Å². The van der Waals surface area contributed by atoms with E-state index in [-0.39, 0.29) is 24.4 Å². The van der Waals surface area contributed by atoms with Crippen LogP contribution in [0.25, 0.3) is 0 Å². The van der Waals surface area contributed by atoms with Crippen LogP contribution in [0.5, 0.6) is 0 Å². The minimum Gasteiger partial charge on any atom is -0.358 e. The number of carbonyl (C=O) groups excluding carboxylic acids is 2. The first-order valence-electron chi connectivity index (χ1n) is 10.3. The first kappa shape index (κ1) is 19.6. The van der Waals surface area contributed by atoms with Crippen LogP contribution in [-0.4, -0.2) is 52.4 Å². The van der Waals surface area contributed by atoms with Crippen molar-refractivity contribution in [2.75, 3.05) is 13.6 Å². The van der Waals surface area contributed by atoms with Gasteiger partial charge in [-0.05, 0) is 38.2 Å². The van der Waals surface area contributed by atoms with Crippen LogP contribution in [0, 0.1) is 12.3 Å². The lowest BCUT2D eigenvalue weighted by atomic mass is 9.69. The van der Waals surface area contributed by atoms with E-state index in [2.05, 4.69) is 37.6 Å². The molecule has 154 valence electrons. The zero-order valence-corrected chi connectivity index (χ0v) is 17.1. The summed E-state index contributed by atoms with van der Waals surface area (Å²) in [6.45, 7) is 2.74. The average molecular weight is 396 g/mol. The zero-order chi connectivity index (χ0) is 20.4. The number of likely N-dealkylation sites (N-methyl/N-ethyl adjacent to an activating group) is 1. The van der Waals surface area contributed by atoms with E-state index >= 15 is 0 Å². The first-order valence-corrected chi connectivity index (χ1v) is 10.3. The normalized spacial score (nSPS) is 25.9. The molecule has 2 aromatic rings. The van der Waals surface area contributed by atoms with Crippen LogP contribution in [0.15, 0.2) is 36.5 Å². The second-order valence-electron chi connectivity index (χ2n) is 8.31. The molecule has 0 radical (unpaired) electrons. The Morgan fingerprint density at radius 1 is 1.28 bits per heavy atom. The van der Waals surface area contributed by atoms with E-state index < -0.39 is 5.41 Å². The lowest BCUT2D eigenvalue weighted by Gasteiger charge is -2.36. The summed E-state index contributed by atoms with van der Waals surface area (Å²) in [6, 6.07) is 10.7. The molecule has 2 aliphatic heterocycles. The van der Waals surface area contributed by atoms with Gasteiger partial charge in [0.15, 0.2) is 0 Å². The second kappa shape index (κ2) is 7.99. The molecule has 0 aliphatic carbocycles. The number of fused-ring (bicyclic) bond motifs is 2. The molecule has 0 spiro atoms. The molecule has 29 heavy (non-hydrogen) atoms. The van der Waals surface area contributed by atoms with Crippen molar-refractivity contribution in [2.24, 2.45) is 5.41 Å². The number of amides is 2. The third-order valence-corrected chi connectivity index (χ3v) is 6.47. The molecule has 0 unspecified atom stereocenters. The SMILES string of the molecule is CNC(=O)CNC(=O)[C@]1(Cc2ccccc2)C[C@@H]2CC[C@H]1N2Cc1ncc(C)[nH]1. The fraction of sp³-hybridized carbons (Fsp3) is 0.500. The molecule has 2 saturated heterocycles. The number of benzene rings is 1. The third-order valence-electron chi connectivity index (χ3n) is 6.47. The van der Waals surface area contributed by atoms with Crippen molar-refractivity contribution in [1.82, 2.24) is 25.5 Å². The van der Waals surface area contributed by atoms with Crippen molar-refractivity contribution in [3.8, 4) is 0 Å². The molecule has 2 aliphatic rings. The van der Waals surface area contributed by atoms with Crippen LogP contribution >= 0.6 is 0 Å². The predicted octanol–water partition coefficient (Wildman–Crippen LogP) is 1.55. The van der Waals surface area contributed by atoms with Crippen LogP contribution in [0.4, 0.5) is 0 Å². The third kappa shape index (κ3) is 3.79. The van der Waals surface area contributed by atoms with Crippen LogP contribution in [0.2, 0.25) is 0 Å². The summed E-state index contributed by atoms with van der Waals surface area (Å²) in [5, 5.41) is 5.48. The van der Waals surface area contributed by atoms with Crippen LogP contribution in [0.1, 0.15) is 36.3 Å². The van der Waals surface area contributed by atoms with Gasteiger partial charge in [0, 0.05) is 31.0 Å². The van der Waals surface area contributed by atoms with Gasteiger partial charge in [-0.25, -0.2) is 4.98 Å². The highest BCUT2D eigenvalue weighted by Crippen LogP contribution is 2.52. The van der Waals surface area contributed by atoms with Crippen LogP contribution < -0.4 is 10.6 Å². The lowest BCUT2D eigenvalue weighted by Crippen LogP contribution is -2.52. The van der Waals surface area contributed by atoms with E-state index in [4.69, 9.17) is 0 Å². The van der Waals surface area contributed by atoms with E-state index in [1.165, 1.54) is 0 Å². The number of aromatic nitrogens is 2. The highest BCUT2D eigenvalue weighted by molar-refractivity contribution is 5.89. The topological polar surface area (TPSA) is 90.1 Å². The lowest BCUT2D eigenvalue weighted by molar-refractivity contribution is -0.135.